The lowest BCUT2D eigenvalue weighted by Crippen LogP contribution is -2.11. The Kier molecular flexibility index (Phi) is 5.53. The molecule has 0 radical (unpaired) electrons. The number of hydrogen-bond acceptors (Lipinski definition) is 1. The molecule has 1 atom stereocenters. The molecule has 0 saturated heterocycles. The van der Waals surface area contributed by atoms with Crippen LogP contribution >= 0.6 is 0 Å². The van der Waals surface area contributed by atoms with E-state index in [9.17, 15) is 0 Å². The molecule has 2 aromatic carbocycles. The molecule has 1 nitrogen and oxygen atoms in total. The first-order valence-corrected chi connectivity index (χ1v) is 8.89. The van der Waals surface area contributed by atoms with Gasteiger partial charge in [0.05, 0.1) is 6.61 Å². The first-order valence-electron chi connectivity index (χ1n) is 8.89. The summed E-state index contributed by atoms with van der Waals surface area (Å²) >= 11 is 0. The van der Waals surface area contributed by atoms with Crippen molar-refractivity contribution in [2.75, 3.05) is 6.61 Å². The molecule has 0 amide bonds. The van der Waals surface area contributed by atoms with E-state index in [0.717, 1.165) is 31.6 Å². The molecule has 1 aliphatic rings. The number of fused-ring (bicyclic) bond motifs is 1. The van der Waals surface area contributed by atoms with Crippen molar-refractivity contribution in [3.8, 4) is 16.9 Å². The van der Waals surface area contributed by atoms with Crippen LogP contribution < -0.4 is 4.74 Å². The van der Waals surface area contributed by atoms with Crippen molar-refractivity contribution in [2.45, 2.75) is 32.6 Å². The van der Waals surface area contributed by atoms with Crippen LogP contribution in [0.2, 0.25) is 0 Å². The maximum atomic E-state index is 5.75. The van der Waals surface area contributed by atoms with Crippen molar-refractivity contribution in [3.05, 3.63) is 78.4 Å². The van der Waals surface area contributed by atoms with E-state index >= 15 is 0 Å². The van der Waals surface area contributed by atoms with Gasteiger partial charge in [-0.25, -0.2) is 0 Å². The van der Waals surface area contributed by atoms with Crippen LogP contribution in [0.1, 0.15) is 30.9 Å². The van der Waals surface area contributed by atoms with Crippen LogP contribution in [0.15, 0.2) is 67.3 Å². The third-order valence-electron chi connectivity index (χ3n) is 4.78. The summed E-state index contributed by atoms with van der Waals surface area (Å²) in [7, 11) is 0. The lowest BCUT2D eigenvalue weighted by atomic mass is 9.83. The van der Waals surface area contributed by atoms with Crippen molar-refractivity contribution in [1.82, 2.24) is 0 Å². The summed E-state index contributed by atoms with van der Waals surface area (Å²) in [6.07, 6.45) is 10.8. The fourth-order valence-corrected chi connectivity index (χ4v) is 3.32. The molecule has 0 saturated carbocycles. The Balaban J connectivity index is 1.69. The van der Waals surface area contributed by atoms with E-state index in [0.29, 0.717) is 5.92 Å². The van der Waals surface area contributed by atoms with Gasteiger partial charge in [0.15, 0.2) is 0 Å². The molecule has 0 bridgehead atoms. The monoisotopic (exact) mass is 318 g/mol. The number of aryl methyl sites for hydroxylation is 1. The van der Waals surface area contributed by atoms with Crippen LogP contribution in [0.25, 0.3) is 11.1 Å². The van der Waals surface area contributed by atoms with Gasteiger partial charge in [-0.15, -0.1) is 6.58 Å². The summed E-state index contributed by atoms with van der Waals surface area (Å²) in [6, 6.07) is 15.3. The van der Waals surface area contributed by atoms with Gasteiger partial charge in [0.1, 0.15) is 5.75 Å². The summed E-state index contributed by atoms with van der Waals surface area (Å²) in [6.45, 7) is 6.71. The summed E-state index contributed by atoms with van der Waals surface area (Å²) in [5, 5.41) is 0. The predicted octanol–water partition coefficient (Wildman–Crippen LogP) is 5.99. The smallest absolute Gasteiger partial charge is 0.119 e. The summed E-state index contributed by atoms with van der Waals surface area (Å²) in [4.78, 5) is 0. The third-order valence-corrected chi connectivity index (χ3v) is 4.78. The largest absolute Gasteiger partial charge is 0.493 e. The number of benzene rings is 2. The van der Waals surface area contributed by atoms with Gasteiger partial charge >= 0.3 is 0 Å². The average molecular weight is 318 g/mol. The first-order chi connectivity index (χ1) is 11.8. The quantitative estimate of drug-likeness (QED) is 0.469. The zero-order valence-electron chi connectivity index (χ0n) is 14.5. The van der Waals surface area contributed by atoms with Crippen molar-refractivity contribution < 1.29 is 4.74 Å². The van der Waals surface area contributed by atoms with Crippen molar-refractivity contribution in [2.24, 2.45) is 5.92 Å². The molecule has 0 fully saturated rings. The molecule has 0 N–H and O–H groups in total. The van der Waals surface area contributed by atoms with Gasteiger partial charge < -0.3 is 4.74 Å². The van der Waals surface area contributed by atoms with Crippen LogP contribution in [0.5, 0.6) is 5.75 Å². The van der Waals surface area contributed by atoms with Crippen molar-refractivity contribution in [3.63, 3.8) is 0 Å². The first kappa shape index (κ1) is 16.6. The van der Waals surface area contributed by atoms with E-state index in [4.69, 9.17) is 4.74 Å². The van der Waals surface area contributed by atoms with Crippen LogP contribution in [0, 0.1) is 5.92 Å². The number of hydrogen-bond donors (Lipinski definition) is 0. The fourth-order valence-electron chi connectivity index (χ4n) is 3.32. The molecule has 1 unspecified atom stereocenters. The number of rotatable bonds is 6. The Morgan fingerprint density at radius 1 is 1.08 bits per heavy atom. The van der Waals surface area contributed by atoms with Crippen LogP contribution in [-0.2, 0) is 12.8 Å². The molecule has 124 valence electrons. The summed E-state index contributed by atoms with van der Waals surface area (Å²) in [5.41, 5.74) is 5.53. The molecule has 2 aromatic rings. The molecule has 0 aromatic heterocycles. The normalized spacial score (nSPS) is 16.8. The fraction of sp³-hybridized carbons (Fsp3) is 0.304. The maximum absolute atomic E-state index is 5.75. The van der Waals surface area contributed by atoms with E-state index in [1.807, 2.05) is 6.92 Å². The lowest BCUT2D eigenvalue weighted by Gasteiger charge is -2.22. The van der Waals surface area contributed by atoms with E-state index < -0.39 is 0 Å². The molecule has 24 heavy (non-hydrogen) atoms. The van der Waals surface area contributed by atoms with E-state index in [-0.39, 0.29) is 0 Å². The van der Waals surface area contributed by atoms with Gasteiger partial charge in [-0.1, -0.05) is 48.6 Å². The molecule has 0 spiro atoms. The second-order valence-electron chi connectivity index (χ2n) is 6.45. The Bertz CT molecular complexity index is 709. The van der Waals surface area contributed by atoms with Gasteiger partial charge in [0.25, 0.3) is 0 Å². The highest BCUT2D eigenvalue weighted by atomic mass is 16.5. The molecule has 0 aliphatic heterocycles. The zero-order valence-corrected chi connectivity index (χ0v) is 14.5. The van der Waals surface area contributed by atoms with Crippen molar-refractivity contribution in [1.29, 1.82) is 0 Å². The molecule has 1 heteroatoms. The van der Waals surface area contributed by atoms with Crippen LogP contribution in [0.4, 0.5) is 0 Å². The zero-order chi connectivity index (χ0) is 16.8. The second-order valence-corrected chi connectivity index (χ2v) is 6.45. The highest BCUT2D eigenvalue weighted by Gasteiger charge is 2.16. The Labute approximate surface area is 145 Å². The third kappa shape index (κ3) is 3.97. The maximum Gasteiger partial charge on any atom is 0.119 e. The van der Waals surface area contributed by atoms with Gasteiger partial charge in [0.2, 0.25) is 0 Å². The molecular weight excluding hydrogens is 292 g/mol. The Hall–Kier alpha value is -2.28. The predicted molar refractivity (Wildman–Crippen MR) is 103 cm³/mol. The molecule has 1 aliphatic carbocycles. The van der Waals surface area contributed by atoms with Gasteiger partial charge in [-0.05, 0) is 72.9 Å². The second kappa shape index (κ2) is 8.01. The number of allylic oxidation sites excluding steroid dienone is 2. The Morgan fingerprint density at radius 2 is 1.88 bits per heavy atom. The molecule has 3 rings (SSSR count). The minimum Gasteiger partial charge on any atom is -0.493 e. The topological polar surface area (TPSA) is 9.23 Å². The summed E-state index contributed by atoms with van der Waals surface area (Å²) < 4.78 is 5.75. The summed E-state index contributed by atoms with van der Waals surface area (Å²) in [5.74, 6) is 1.58. The van der Waals surface area contributed by atoms with Gasteiger partial charge in [-0.3, -0.25) is 0 Å². The molecule has 0 heterocycles. The van der Waals surface area contributed by atoms with Gasteiger partial charge in [0, 0.05) is 0 Å². The van der Waals surface area contributed by atoms with E-state index in [1.165, 1.54) is 28.7 Å². The molecular formula is C23H26O. The van der Waals surface area contributed by atoms with E-state index in [1.54, 1.807) is 0 Å². The Morgan fingerprint density at radius 3 is 2.62 bits per heavy atom. The van der Waals surface area contributed by atoms with Crippen molar-refractivity contribution >= 4 is 0 Å². The minimum absolute atomic E-state index is 0.641. The SMILES string of the molecule is C=CC1CCc2cc(-c3ccc(OCC/C=C/C)cc3)ccc2C1. The van der Waals surface area contributed by atoms with Gasteiger partial charge in [-0.2, -0.15) is 0 Å². The lowest BCUT2D eigenvalue weighted by molar-refractivity contribution is 0.325. The number of ether oxygens (including phenoxy) is 1. The van der Waals surface area contributed by atoms with E-state index in [2.05, 4.69) is 67.3 Å². The minimum atomic E-state index is 0.641. The highest BCUT2D eigenvalue weighted by molar-refractivity contribution is 5.66. The van der Waals surface area contributed by atoms with Crippen LogP contribution in [0.3, 0.4) is 0 Å². The highest BCUT2D eigenvalue weighted by Crippen LogP contribution is 2.30. The standard InChI is InChI=1S/C23H26O/c1-3-5-6-15-24-23-13-11-19(12-14-23)21-10-9-20-16-18(4-2)7-8-22(20)17-21/h3-5,9-14,17-18H,2,6-8,15-16H2,1H3/b5-3+. The average Bonchev–Trinajstić information content (AvgIpc) is 2.65. The van der Waals surface area contributed by atoms with Crippen LogP contribution in [-0.4, -0.2) is 6.61 Å².